The Morgan fingerprint density at radius 3 is 2.92 bits per heavy atom. The number of carbonyl (C=O) groups is 1. The number of ether oxygens (including phenoxy) is 1. The highest BCUT2D eigenvalue weighted by atomic mass is 16.5. The van der Waals surface area contributed by atoms with Gasteiger partial charge in [0.05, 0.1) is 25.5 Å². The van der Waals surface area contributed by atoms with Crippen molar-refractivity contribution in [3.8, 4) is 0 Å². The van der Waals surface area contributed by atoms with E-state index in [9.17, 15) is 4.79 Å². The molecule has 7 nitrogen and oxygen atoms in total. The van der Waals surface area contributed by atoms with Gasteiger partial charge in [0.25, 0.3) is 5.91 Å². The van der Waals surface area contributed by atoms with Gasteiger partial charge in [0.15, 0.2) is 0 Å². The number of nitrogens with zero attached hydrogens (tertiary/aromatic N) is 4. The fraction of sp³-hybridized carbons (Fsp3) is 0.316. The lowest BCUT2D eigenvalue weighted by atomic mass is 10.1. The van der Waals surface area contributed by atoms with Crippen LogP contribution in [0.2, 0.25) is 0 Å². The second kappa shape index (κ2) is 6.10. The number of aromatic nitrogens is 3. The number of carbonyl (C=O) groups excluding carboxylic acids is 1. The maximum Gasteiger partial charge on any atom is 0.254 e. The summed E-state index contributed by atoms with van der Waals surface area (Å²) in [6, 6.07) is 7.76. The molecule has 2 aromatic heterocycles. The van der Waals surface area contributed by atoms with Gasteiger partial charge in [0, 0.05) is 48.7 Å². The molecule has 0 unspecified atom stereocenters. The lowest BCUT2D eigenvalue weighted by molar-refractivity contribution is 0.0750. The number of H-pyrrole nitrogens is 1. The van der Waals surface area contributed by atoms with Crippen LogP contribution >= 0.6 is 0 Å². The number of hydrogen-bond donors (Lipinski definition) is 1. The van der Waals surface area contributed by atoms with Crippen molar-refractivity contribution in [1.29, 1.82) is 0 Å². The van der Waals surface area contributed by atoms with Gasteiger partial charge in [-0.3, -0.25) is 4.79 Å². The standard InChI is InChI=1S/C19H19N5O2/c25-18(14-2-1-13-3-4-20-16(13)9-14)24-11-15-10-21-19(22-17(15)12-24)23-5-7-26-8-6-23/h1-4,9-10,20H,5-8,11-12H2. The minimum Gasteiger partial charge on any atom is -0.378 e. The van der Waals surface area contributed by atoms with E-state index in [-0.39, 0.29) is 5.91 Å². The quantitative estimate of drug-likeness (QED) is 0.765. The lowest BCUT2D eigenvalue weighted by Crippen LogP contribution is -2.37. The number of fused-ring (bicyclic) bond motifs is 2. The first-order chi connectivity index (χ1) is 12.8. The number of hydrogen-bond acceptors (Lipinski definition) is 5. The fourth-order valence-corrected chi connectivity index (χ4v) is 3.57. The Balaban J connectivity index is 1.37. The third-order valence-corrected chi connectivity index (χ3v) is 5.03. The number of aromatic amines is 1. The first-order valence-corrected chi connectivity index (χ1v) is 8.82. The predicted octanol–water partition coefficient (Wildman–Crippen LogP) is 1.95. The Kier molecular flexibility index (Phi) is 3.60. The van der Waals surface area contributed by atoms with Crippen LogP contribution in [-0.4, -0.2) is 52.1 Å². The van der Waals surface area contributed by atoms with Crippen LogP contribution in [0.5, 0.6) is 0 Å². The molecule has 0 aliphatic carbocycles. The average Bonchev–Trinajstić information content (AvgIpc) is 3.33. The van der Waals surface area contributed by atoms with Crippen molar-refractivity contribution < 1.29 is 9.53 Å². The highest BCUT2D eigenvalue weighted by molar-refractivity contribution is 5.98. The predicted molar refractivity (Wildman–Crippen MR) is 96.9 cm³/mol. The molecule has 1 N–H and O–H groups in total. The molecule has 2 aliphatic heterocycles. The Hall–Kier alpha value is -2.93. The molecule has 5 rings (SSSR count). The number of benzene rings is 1. The van der Waals surface area contributed by atoms with Gasteiger partial charge < -0.3 is 19.5 Å². The summed E-state index contributed by atoms with van der Waals surface area (Å²) in [5.74, 6) is 0.751. The van der Waals surface area contributed by atoms with Gasteiger partial charge in [-0.1, -0.05) is 6.07 Å². The molecule has 0 radical (unpaired) electrons. The Labute approximate surface area is 150 Å². The lowest BCUT2D eigenvalue weighted by Gasteiger charge is -2.26. The van der Waals surface area contributed by atoms with E-state index in [1.807, 2.05) is 41.6 Å². The molecule has 0 bridgehead atoms. The molecule has 132 valence electrons. The van der Waals surface area contributed by atoms with E-state index in [2.05, 4.69) is 14.9 Å². The van der Waals surface area contributed by atoms with Gasteiger partial charge in [-0.15, -0.1) is 0 Å². The SMILES string of the molecule is O=C(c1ccc2cc[nH]c2c1)N1Cc2cnc(N3CCOCC3)nc2C1. The van der Waals surface area contributed by atoms with E-state index in [4.69, 9.17) is 9.72 Å². The van der Waals surface area contributed by atoms with Gasteiger partial charge in [-0.25, -0.2) is 9.97 Å². The second-order valence-corrected chi connectivity index (χ2v) is 6.68. The number of nitrogens with one attached hydrogen (secondary N) is 1. The Morgan fingerprint density at radius 1 is 1.15 bits per heavy atom. The number of rotatable bonds is 2. The molecule has 3 aromatic rings. The summed E-state index contributed by atoms with van der Waals surface area (Å²) in [4.78, 5) is 29.2. The van der Waals surface area contributed by atoms with Gasteiger partial charge in [-0.2, -0.15) is 0 Å². The van der Waals surface area contributed by atoms with Crippen LogP contribution in [0.1, 0.15) is 21.6 Å². The van der Waals surface area contributed by atoms with Crippen molar-refractivity contribution in [2.24, 2.45) is 0 Å². The van der Waals surface area contributed by atoms with E-state index >= 15 is 0 Å². The van der Waals surface area contributed by atoms with Crippen molar-refractivity contribution in [2.45, 2.75) is 13.1 Å². The van der Waals surface area contributed by atoms with Crippen molar-refractivity contribution in [2.75, 3.05) is 31.2 Å². The smallest absolute Gasteiger partial charge is 0.254 e. The molecule has 0 spiro atoms. The third-order valence-electron chi connectivity index (χ3n) is 5.03. The molecule has 1 saturated heterocycles. The van der Waals surface area contributed by atoms with E-state index < -0.39 is 0 Å². The van der Waals surface area contributed by atoms with E-state index in [1.54, 1.807) is 0 Å². The molecular weight excluding hydrogens is 330 g/mol. The molecule has 0 atom stereocenters. The third kappa shape index (κ3) is 2.61. The first kappa shape index (κ1) is 15.3. The zero-order valence-electron chi connectivity index (χ0n) is 14.3. The molecule has 4 heterocycles. The van der Waals surface area contributed by atoms with Gasteiger partial charge in [0.1, 0.15) is 0 Å². The van der Waals surface area contributed by atoms with Crippen LogP contribution in [-0.2, 0) is 17.8 Å². The number of amides is 1. The average molecular weight is 349 g/mol. The first-order valence-electron chi connectivity index (χ1n) is 8.82. The zero-order chi connectivity index (χ0) is 17.5. The zero-order valence-corrected chi connectivity index (χ0v) is 14.3. The largest absolute Gasteiger partial charge is 0.378 e. The van der Waals surface area contributed by atoms with E-state index in [1.165, 1.54) is 0 Å². The van der Waals surface area contributed by atoms with Crippen molar-refractivity contribution in [3.63, 3.8) is 0 Å². The summed E-state index contributed by atoms with van der Waals surface area (Å²) < 4.78 is 5.38. The van der Waals surface area contributed by atoms with Crippen molar-refractivity contribution in [3.05, 3.63) is 53.5 Å². The summed E-state index contributed by atoms with van der Waals surface area (Å²) >= 11 is 0. The molecule has 1 amide bonds. The van der Waals surface area contributed by atoms with E-state index in [0.717, 1.165) is 41.2 Å². The van der Waals surface area contributed by atoms with Crippen LogP contribution in [0.25, 0.3) is 10.9 Å². The van der Waals surface area contributed by atoms with Crippen LogP contribution in [0.15, 0.2) is 36.7 Å². The van der Waals surface area contributed by atoms with Gasteiger partial charge >= 0.3 is 0 Å². The fourth-order valence-electron chi connectivity index (χ4n) is 3.57. The minimum atomic E-state index is 0.0208. The molecule has 1 aromatic carbocycles. The maximum absolute atomic E-state index is 12.9. The normalized spacial score (nSPS) is 16.9. The summed E-state index contributed by atoms with van der Waals surface area (Å²) in [6.45, 7) is 4.09. The molecule has 1 fully saturated rings. The van der Waals surface area contributed by atoms with Crippen LogP contribution in [0.3, 0.4) is 0 Å². The summed E-state index contributed by atoms with van der Waals surface area (Å²) in [5, 5.41) is 1.10. The Bertz CT molecular complexity index is 977. The highest BCUT2D eigenvalue weighted by Crippen LogP contribution is 2.25. The number of morpholine rings is 1. The minimum absolute atomic E-state index is 0.0208. The second-order valence-electron chi connectivity index (χ2n) is 6.68. The number of anilines is 1. The van der Waals surface area contributed by atoms with Crippen molar-refractivity contribution >= 4 is 22.8 Å². The molecule has 7 heteroatoms. The van der Waals surface area contributed by atoms with Crippen LogP contribution in [0, 0.1) is 0 Å². The Morgan fingerprint density at radius 2 is 2.04 bits per heavy atom. The van der Waals surface area contributed by atoms with Gasteiger partial charge in [-0.05, 0) is 23.6 Å². The van der Waals surface area contributed by atoms with Crippen LogP contribution in [0.4, 0.5) is 5.95 Å². The van der Waals surface area contributed by atoms with Crippen molar-refractivity contribution in [1.82, 2.24) is 19.9 Å². The summed E-state index contributed by atoms with van der Waals surface area (Å²) in [7, 11) is 0. The van der Waals surface area contributed by atoms with Crippen LogP contribution < -0.4 is 4.90 Å². The molecule has 26 heavy (non-hydrogen) atoms. The summed E-state index contributed by atoms with van der Waals surface area (Å²) in [6.07, 6.45) is 3.74. The summed E-state index contributed by atoms with van der Waals surface area (Å²) in [5.41, 5.74) is 3.63. The highest BCUT2D eigenvalue weighted by Gasteiger charge is 2.27. The van der Waals surface area contributed by atoms with E-state index in [0.29, 0.717) is 31.9 Å². The molecule has 2 aliphatic rings. The molecule has 0 saturated carbocycles. The monoisotopic (exact) mass is 349 g/mol. The van der Waals surface area contributed by atoms with Gasteiger partial charge in [0.2, 0.25) is 5.95 Å². The maximum atomic E-state index is 12.9. The topological polar surface area (TPSA) is 74.4 Å². The molecular formula is C19H19N5O2.